The van der Waals surface area contributed by atoms with E-state index in [2.05, 4.69) is 33.6 Å². The van der Waals surface area contributed by atoms with Crippen molar-refractivity contribution in [1.82, 2.24) is 10.7 Å². The van der Waals surface area contributed by atoms with Gasteiger partial charge in [0.1, 0.15) is 5.66 Å². The van der Waals surface area contributed by atoms with Gasteiger partial charge in [-0.3, -0.25) is 0 Å². The van der Waals surface area contributed by atoms with E-state index in [4.69, 9.17) is 0 Å². The second-order valence-electron chi connectivity index (χ2n) is 4.44. The number of anilines is 1. The first-order chi connectivity index (χ1) is 8.04. The van der Waals surface area contributed by atoms with Gasteiger partial charge in [0, 0.05) is 4.47 Å². The largest absolute Gasteiger partial charge is 0.338 e. The van der Waals surface area contributed by atoms with E-state index in [1.54, 1.807) is 5.01 Å². The van der Waals surface area contributed by atoms with Crippen LogP contribution in [0.3, 0.4) is 0 Å². The number of hydrazine groups is 1. The maximum atomic E-state index is 11.9. The van der Waals surface area contributed by atoms with Crippen molar-refractivity contribution in [3.8, 4) is 0 Å². The lowest BCUT2D eigenvalue weighted by molar-refractivity contribution is 0.246. The molecule has 1 heterocycles. The van der Waals surface area contributed by atoms with Crippen LogP contribution in [0.15, 0.2) is 28.7 Å². The van der Waals surface area contributed by atoms with E-state index >= 15 is 0 Å². The van der Waals surface area contributed by atoms with Crippen LogP contribution in [0.5, 0.6) is 0 Å². The number of carbonyl (C=O) groups excluding carboxylic acids is 1. The number of halogens is 1. The number of hydrogen-bond acceptors (Lipinski definition) is 2. The molecule has 17 heavy (non-hydrogen) atoms. The van der Waals surface area contributed by atoms with E-state index in [0.717, 1.165) is 23.0 Å². The van der Waals surface area contributed by atoms with E-state index in [9.17, 15) is 4.79 Å². The monoisotopic (exact) mass is 297 g/mol. The van der Waals surface area contributed by atoms with Crippen LogP contribution in [-0.2, 0) is 0 Å². The smallest absolute Gasteiger partial charge is 0.317 e. The van der Waals surface area contributed by atoms with E-state index < -0.39 is 0 Å². The molecule has 2 N–H and O–H groups in total. The zero-order valence-corrected chi connectivity index (χ0v) is 11.5. The lowest BCUT2D eigenvalue weighted by Crippen LogP contribution is -2.48. The Morgan fingerprint density at radius 3 is 2.59 bits per heavy atom. The number of nitrogens with zero attached hydrogens (tertiary/aromatic N) is 1. The van der Waals surface area contributed by atoms with Gasteiger partial charge < -0.3 is 5.32 Å². The third-order valence-corrected chi connectivity index (χ3v) is 3.31. The summed E-state index contributed by atoms with van der Waals surface area (Å²) in [5.74, 6) is 0. The second-order valence-corrected chi connectivity index (χ2v) is 5.35. The summed E-state index contributed by atoms with van der Waals surface area (Å²) in [7, 11) is 0. The molecule has 0 unspecified atom stereocenters. The van der Waals surface area contributed by atoms with Crippen LogP contribution in [0.1, 0.15) is 26.7 Å². The molecule has 0 aromatic heterocycles. The minimum absolute atomic E-state index is 0.108. The van der Waals surface area contributed by atoms with Crippen molar-refractivity contribution in [3.63, 3.8) is 0 Å². The van der Waals surface area contributed by atoms with Crippen molar-refractivity contribution in [2.45, 2.75) is 32.4 Å². The molecule has 1 fully saturated rings. The molecule has 4 nitrogen and oxygen atoms in total. The molecule has 0 bridgehead atoms. The fourth-order valence-corrected chi connectivity index (χ4v) is 2.27. The van der Waals surface area contributed by atoms with Crippen LogP contribution in [-0.4, -0.2) is 11.7 Å². The molecule has 1 aromatic carbocycles. The summed E-state index contributed by atoms with van der Waals surface area (Å²) in [6.45, 7) is 4.09. The molecule has 2 amide bonds. The number of carbonyl (C=O) groups is 1. The Balaban J connectivity index is 2.18. The summed E-state index contributed by atoms with van der Waals surface area (Å²) in [4.78, 5) is 11.9. The maximum absolute atomic E-state index is 11.9. The summed E-state index contributed by atoms with van der Waals surface area (Å²) in [5, 5.41) is 4.52. The number of benzene rings is 1. The number of urea groups is 1. The van der Waals surface area contributed by atoms with Gasteiger partial charge in [-0.2, -0.15) is 0 Å². The number of amides is 2. The van der Waals surface area contributed by atoms with E-state index in [1.165, 1.54) is 0 Å². The van der Waals surface area contributed by atoms with Crippen LogP contribution >= 0.6 is 15.9 Å². The average Bonchev–Trinajstić information content (AvgIpc) is 2.56. The predicted octanol–water partition coefficient (Wildman–Crippen LogP) is 3.00. The summed E-state index contributed by atoms with van der Waals surface area (Å²) in [6, 6.07) is 7.52. The molecule has 0 saturated carbocycles. The minimum atomic E-state index is -0.348. The Kier molecular flexibility index (Phi) is 3.40. The van der Waals surface area contributed by atoms with Gasteiger partial charge in [0.05, 0.1) is 5.69 Å². The molecule has 0 spiro atoms. The third-order valence-electron chi connectivity index (χ3n) is 2.78. The molecule has 5 heteroatoms. The predicted molar refractivity (Wildman–Crippen MR) is 71.6 cm³/mol. The van der Waals surface area contributed by atoms with Crippen LogP contribution in [0.2, 0.25) is 0 Å². The lowest BCUT2D eigenvalue weighted by atomic mass is 10.1. The highest BCUT2D eigenvalue weighted by Gasteiger charge is 2.37. The van der Waals surface area contributed by atoms with Gasteiger partial charge in [0.15, 0.2) is 0 Å². The highest BCUT2D eigenvalue weighted by atomic mass is 79.9. The van der Waals surface area contributed by atoms with Crippen molar-refractivity contribution in [2.75, 3.05) is 5.01 Å². The normalized spacial score (nSPS) is 23.9. The van der Waals surface area contributed by atoms with E-state index in [1.807, 2.05) is 31.2 Å². The summed E-state index contributed by atoms with van der Waals surface area (Å²) < 4.78 is 0.997. The van der Waals surface area contributed by atoms with E-state index in [0.29, 0.717) is 0 Å². The SMILES string of the molecule is CCC[C@@]1(C)NC(=O)N(c2ccc(Br)cc2)N1. The fourth-order valence-electron chi connectivity index (χ4n) is 2.01. The number of hydrogen-bond donors (Lipinski definition) is 2. The Morgan fingerprint density at radius 1 is 1.35 bits per heavy atom. The van der Waals surface area contributed by atoms with Gasteiger partial charge >= 0.3 is 6.03 Å². The maximum Gasteiger partial charge on any atom is 0.338 e. The zero-order valence-electron chi connectivity index (χ0n) is 9.96. The van der Waals surface area contributed by atoms with Crippen molar-refractivity contribution in [1.29, 1.82) is 0 Å². The standard InChI is InChI=1S/C12H16BrN3O/c1-3-8-12(2)14-11(17)16(15-12)10-6-4-9(13)5-7-10/h4-7,15H,3,8H2,1-2H3,(H,14,17)/t12-/m0/s1. The topological polar surface area (TPSA) is 44.4 Å². The number of rotatable bonds is 3. The lowest BCUT2D eigenvalue weighted by Gasteiger charge is -2.24. The van der Waals surface area contributed by atoms with Crippen LogP contribution in [0.25, 0.3) is 0 Å². The summed E-state index contributed by atoms with van der Waals surface area (Å²) in [5.41, 5.74) is 3.70. The fraction of sp³-hybridized carbons (Fsp3) is 0.417. The van der Waals surface area contributed by atoms with Gasteiger partial charge in [-0.1, -0.05) is 29.3 Å². The average molecular weight is 298 g/mol. The first-order valence-electron chi connectivity index (χ1n) is 5.70. The molecule has 92 valence electrons. The summed E-state index contributed by atoms with van der Waals surface area (Å²) in [6.07, 6.45) is 1.91. The third kappa shape index (κ3) is 2.61. The van der Waals surface area contributed by atoms with Crippen molar-refractivity contribution in [2.24, 2.45) is 0 Å². The molecule has 2 rings (SSSR count). The first kappa shape index (κ1) is 12.4. The molecule has 1 aliphatic rings. The Morgan fingerprint density at radius 2 is 2.00 bits per heavy atom. The molecule has 1 aromatic rings. The Hall–Kier alpha value is -1.07. The van der Waals surface area contributed by atoms with Crippen molar-refractivity contribution < 1.29 is 4.79 Å². The Labute approximate surface area is 109 Å². The van der Waals surface area contributed by atoms with Crippen LogP contribution < -0.4 is 15.8 Å². The highest BCUT2D eigenvalue weighted by Crippen LogP contribution is 2.23. The molecule has 1 saturated heterocycles. The molecule has 1 aliphatic heterocycles. The molecular weight excluding hydrogens is 282 g/mol. The van der Waals surface area contributed by atoms with Crippen LogP contribution in [0.4, 0.5) is 10.5 Å². The van der Waals surface area contributed by atoms with Gasteiger partial charge in [-0.25, -0.2) is 15.2 Å². The molecular formula is C12H16BrN3O. The second kappa shape index (κ2) is 4.66. The first-order valence-corrected chi connectivity index (χ1v) is 6.49. The van der Waals surface area contributed by atoms with Gasteiger partial charge in [-0.05, 0) is 37.6 Å². The van der Waals surface area contributed by atoms with E-state index in [-0.39, 0.29) is 11.7 Å². The van der Waals surface area contributed by atoms with Crippen LogP contribution in [0, 0.1) is 0 Å². The molecule has 0 radical (unpaired) electrons. The molecule has 1 atom stereocenters. The van der Waals surface area contributed by atoms with Gasteiger partial charge in [0.25, 0.3) is 0 Å². The quantitative estimate of drug-likeness (QED) is 0.901. The van der Waals surface area contributed by atoms with Crippen molar-refractivity contribution in [3.05, 3.63) is 28.7 Å². The highest BCUT2D eigenvalue weighted by molar-refractivity contribution is 9.10. The molecule has 0 aliphatic carbocycles. The minimum Gasteiger partial charge on any atom is -0.317 e. The van der Waals surface area contributed by atoms with Gasteiger partial charge in [0.2, 0.25) is 0 Å². The number of nitrogens with one attached hydrogen (secondary N) is 2. The van der Waals surface area contributed by atoms with Gasteiger partial charge in [-0.15, -0.1) is 0 Å². The van der Waals surface area contributed by atoms with Crippen molar-refractivity contribution >= 4 is 27.6 Å². The Bertz CT molecular complexity index is 420. The zero-order chi connectivity index (χ0) is 12.5. The summed E-state index contributed by atoms with van der Waals surface area (Å²) >= 11 is 3.38.